The van der Waals surface area contributed by atoms with Gasteiger partial charge in [-0.15, -0.1) is 0 Å². The summed E-state index contributed by atoms with van der Waals surface area (Å²) >= 11 is 0. The fraction of sp³-hybridized carbons (Fsp3) is 0.579. The highest BCUT2D eigenvalue weighted by Gasteiger charge is 2.44. The number of hydrogen-bond donors (Lipinski definition) is 0. The molecule has 2 fully saturated rings. The minimum absolute atomic E-state index is 0.00290. The molecule has 6 heteroatoms. The van der Waals surface area contributed by atoms with Crippen LogP contribution in [0.25, 0.3) is 0 Å². The highest BCUT2D eigenvalue weighted by molar-refractivity contribution is 5.83. The Balaban J connectivity index is 1.71. The molecule has 1 atom stereocenters. The van der Waals surface area contributed by atoms with Gasteiger partial charge in [0.2, 0.25) is 11.8 Å². The molecular formula is C19H26FN3O2. The van der Waals surface area contributed by atoms with E-state index in [1.807, 2.05) is 30.9 Å². The number of carbonyl (C=O) groups is 2. The number of halogens is 1. The lowest BCUT2D eigenvalue weighted by Crippen LogP contribution is -2.47. The van der Waals surface area contributed by atoms with Gasteiger partial charge < -0.3 is 9.80 Å². The predicted molar refractivity (Wildman–Crippen MR) is 93.3 cm³/mol. The number of benzene rings is 1. The Labute approximate surface area is 148 Å². The van der Waals surface area contributed by atoms with E-state index < -0.39 is 6.04 Å². The third-order valence-electron chi connectivity index (χ3n) is 5.58. The van der Waals surface area contributed by atoms with Crippen LogP contribution in [0.4, 0.5) is 4.39 Å². The van der Waals surface area contributed by atoms with Gasteiger partial charge in [-0.05, 0) is 44.6 Å². The summed E-state index contributed by atoms with van der Waals surface area (Å²) in [6, 6.07) is 5.76. The van der Waals surface area contributed by atoms with E-state index in [0.717, 1.165) is 19.4 Å². The first kappa shape index (κ1) is 17.9. The van der Waals surface area contributed by atoms with Crippen LogP contribution in [0.3, 0.4) is 0 Å². The van der Waals surface area contributed by atoms with E-state index in [1.165, 1.54) is 12.1 Å². The molecular weight excluding hydrogens is 321 g/mol. The molecule has 1 unspecified atom stereocenters. The molecule has 0 saturated carbocycles. The summed E-state index contributed by atoms with van der Waals surface area (Å²) in [6.07, 6.45) is 2.28. The van der Waals surface area contributed by atoms with Crippen LogP contribution >= 0.6 is 0 Å². The lowest BCUT2D eigenvalue weighted by Gasteiger charge is -2.40. The van der Waals surface area contributed by atoms with Gasteiger partial charge in [0.25, 0.3) is 0 Å². The van der Waals surface area contributed by atoms with Crippen molar-refractivity contribution in [2.45, 2.75) is 25.3 Å². The molecule has 25 heavy (non-hydrogen) atoms. The van der Waals surface area contributed by atoms with Crippen LogP contribution in [-0.2, 0) is 9.59 Å². The smallest absolute Gasteiger partial charge is 0.244 e. The van der Waals surface area contributed by atoms with Gasteiger partial charge in [0.15, 0.2) is 0 Å². The van der Waals surface area contributed by atoms with Crippen molar-refractivity contribution >= 4 is 11.8 Å². The molecule has 3 rings (SSSR count). The minimum Gasteiger partial charge on any atom is -0.345 e. The normalized spacial score (nSPS) is 21.2. The van der Waals surface area contributed by atoms with Crippen molar-refractivity contribution in [1.82, 2.24) is 14.7 Å². The Morgan fingerprint density at radius 3 is 2.48 bits per heavy atom. The summed E-state index contributed by atoms with van der Waals surface area (Å²) in [5.41, 5.74) is 0.695. The third kappa shape index (κ3) is 3.54. The number of likely N-dealkylation sites (tertiary alicyclic amines) is 2. The van der Waals surface area contributed by atoms with Gasteiger partial charge in [-0.25, -0.2) is 4.39 Å². The van der Waals surface area contributed by atoms with Crippen LogP contribution in [0, 0.1) is 11.2 Å². The molecule has 2 heterocycles. The van der Waals surface area contributed by atoms with Crippen molar-refractivity contribution in [3.05, 3.63) is 35.6 Å². The molecule has 1 aromatic rings. The molecule has 2 aliphatic heterocycles. The lowest BCUT2D eigenvalue weighted by atomic mass is 9.77. The summed E-state index contributed by atoms with van der Waals surface area (Å²) in [7, 11) is 5.52. The number of hydrogen-bond acceptors (Lipinski definition) is 3. The van der Waals surface area contributed by atoms with E-state index in [0.29, 0.717) is 25.1 Å². The zero-order chi connectivity index (χ0) is 18.2. The molecule has 1 spiro atoms. The van der Waals surface area contributed by atoms with E-state index in [1.54, 1.807) is 17.0 Å². The number of nitrogens with zero attached hydrogens (tertiary/aromatic N) is 3. The summed E-state index contributed by atoms with van der Waals surface area (Å²) < 4.78 is 13.6. The zero-order valence-corrected chi connectivity index (χ0v) is 15.2. The largest absolute Gasteiger partial charge is 0.345 e. The Kier molecular flexibility index (Phi) is 4.82. The maximum atomic E-state index is 13.6. The van der Waals surface area contributed by atoms with Crippen molar-refractivity contribution in [3.63, 3.8) is 0 Å². The lowest BCUT2D eigenvalue weighted by molar-refractivity contribution is -0.138. The van der Waals surface area contributed by atoms with Crippen LogP contribution in [0.15, 0.2) is 24.3 Å². The monoisotopic (exact) mass is 347 g/mol. The Morgan fingerprint density at radius 2 is 1.96 bits per heavy atom. The second-order valence-corrected chi connectivity index (χ2v) is 7.67. The van der Waals surface area contributed by atoms with Gasteiger partial charge >= 0.3 is 0 Å². The highest BCUT2D eigenvalue weighted by atomic mass is 19.1. The maximum absolute atomic E-state index is 13.6. The molecule has 136 valence electrons. The number of rotatable bonds is 3. The van der Waals surface area contributed by atoms with Crippen molar-refractivity contribution in [1.29, 1.82) is 0 Å². The fourth-order valence-electron chi connectivity index (χ4n) is 4.15. The molecule has 5 nitrogen and oxygen atoms in total. The second-order valence-electron chi connectivity index (χ2n) is 7.67. The van der Waals surface area contributed by atoms with Crippen molar-refractivity contribution < 1.29 is 14.0 Å². The van der Waals surface area contributed by atoms with E-state index in [-0.39, 0.29) is 23.0 Å². The first-order chi connectivity index (χ1) is 11.8. The maximum Gasteiger partial charge on any atom is 0.244 e. The number of likely N-dealkylation sites (N-methyl/N-ethyl adjacent to an activating group) is 1. The van der Waals surface area contributed by atoms with Crippen LogP contribution in [0.1, 0.15) is 30.9 Å². The molecule has 1 aromatic carbocycles. The second kappa shape index (κ2) is 6.75. The van der Waals surface area contributed by atoms with Crippen LogP contribution in [-0.4, -0.2) is 67.3 Å². The summed E-state index contributed by atoms with van der Waals surface area (Å²) in [4.78, 5) is 30.4. The first-order valence-electron chi connectivity index (χ1n) is 8.76. The van der Waals surface area contributed by atoms with Crippen molar-refractivity contribution in [2.24, 2.45) is 5.41 Å². The zero-order valence-electron chi connectivity index (χ0n) is 15.2. The summed E-state index contributed by atoms with van der Waals surface area (Å²) in [5.74, 6) is -0.129. The fourth-order valence-corrected chi connectivity index (χ4v) is 4.15. The Morgan fingerprint density at radius 1 is 1.28 bits per heavy atom. The van der Waals surface area contributed by atoms with Crippen LogP contribution in [0.2, 0.25) is 0 Å². The first-order valence-corrected chi connectivity index (χ1v) is 8.76. The number of amides is 2. The third-order valence-corrected chi connectivity index (χ3v) is 5.58. The van der Waals surface area contributed by atoms with Gasteiger partial charge in [-0.2, -0.15) is 0 Å². The summed E-state index contributed by atoms with van der Waals surface area (Å²) in [5, 5.41) is 0. The van der Waals surface area contributed by atoms with E-state index in [2.05, 4.69) is 0 Å². The Hall–Kier alpha value is -1.95. The number of carbonyl (C=O) groups excluding carboxylic acids is 2. The van der Waals surface area contributed by atoms with Gasteiger partial charge in [0, 0.05) is 38.5 Å². The van der Waals surface area contributed by atoms with Gasteiger partial charge in [0.05, 0.1) is 0 Å². The highest BCUT2D eigenvalue weighted by Crippen LogP contribution is 2.41. The molecule has 2 saturated heterocycles. The molecule has 0 aromatic heterocycles. The average molecular weight is 347 g/mol. The van der Waals surface area contributed by atoms with Crippen molar-refractivity contribution in [3.8, 4) is 0 Å². The van der Waals surface area contributed by atoms with Crippen LogP contribution < -0.4 is 0 Å². The van der Waals surface area contributed by atoms with E-state index in [9.17, 15) is 14.0 Å². The minimum atomic E-state index is -0.488. The topological polar surface area (TPSA) is 43.9 Å². The predicted octanol–water partition coefficient (Wildman–Crippen LogP) is 1.90. The Bertz CT molecular complexity index is 668. The van der Waals surface area contributed by atoms with Crippen LogP contribution in [0.5, 0.6) is 0 Å². The van der Waals surface area contributed by atoms with E-state index in [4.69, 9.17) is 0 Å². The number of piperidine rings is 1. The molecule has 2 aliphatic rings. The molecule has 0 bridgehead atoms. The van der Waals surface area contributed by atoms with Gasteiger partial charge in [-0.3, -0.25) is 14.5 Å². The standard InChI is InChI=1S/C19H26FN3O2/c1-21(2)17(14-5-4-6-15(20)11-14)18(25)23-9-7-19(8-10-23)12-16(24)22(3)13-19/h4-6,11,17H,7-10,12-13H2,1-3H3. The van der Waals surface area contributed by atoms with E-state index >= 15 is 0 Å². The quantitative estimate of drug-likeness (QED) is 0.839. The molecule has 0 N–H and O–H groups in total. The van der Waals surface area contributed by atoms with Crippen molar-refractivity contribution in [2.75, 3.05) is 40.8 Å². The average Bonchev–Trinajstić information content (AvgIpc) is 2.81. The molecule has 0 radical (unpaired) electrons. The molecule has 2 amide bonds. The SMILES string of the molecule is CN1CC2(CCN(C(=O)C(c3cccc(F)c3)N(C)C)CC2)CC1=O. The van der Waals surface area contributed by atoms with Gasteiger partial charge in [0.1, 0.15) is 11.9 Å². The summed E-state index contributed by atoms with van der Waals surface area (Å²) in [6.45, 7) is 2.09. The molecule has 0 aliphatic carbocycles. The van der Waals surface area contributed by atoms with Gasteiger partial charge in [-0.1, -0.05) is 12.1 Å².